The van der Waals surface area contributed by atoms with Crippen LogP contribution < -0.4 is 0 Å². The van der Waals surface area contributed by atoms with Gasteiger partial charge < -0.3 is 5.11 Å². The largest absolute Gasteiger partial charge is 0.480 e. The Bertz CT molecular complexity index is 814. The Labute approximate surface area is 141 Å². The van der Waals surface area contributed by atoms with Gasteiger partial charge in [-0.2, -0.15) is 5.10 Å². The molecule has 0 aliphatic carbocycles. The van der Waals surface area contributed by atoms with Gasteiger partial charge in [-0.3, -0.25) is 14.5 Å². The van der Waals surface area contributed by atoms with Gasteiger partial charge in [0.25, 0.3) is 5.91 Å². The number of carbonyl (C=O) groups is 2. The highest BCUT2D eigenvalue weighted by Gasteiger charge is 2.33. The molecule has 1 aromatic heterocycles. The van der Waals surface area contributed by atoms with E-state index >= 15 is 0 Å². The minimum atomic E-state index is -1.10. The molecule has 1 aliphatic rings. The summed E-state index contributed by atoms with van der Waals surface area (Å²) < 4.78 is 1.95. The van der Waals surface area contributed by atoms with Crippen molar-refractivity contribution in [1.82, 2.24) is 14.7 Å². The summed E-state index contributed by atoms with van der Waals surface area (Å²) in [4.78, 5) is 24.4. The Morgan fingerprint density at radius 1 is 1.35 bits per heavy atom. The number of benzene rings is 1. The van der Waals surface area contributed by atoms with Crippen molar-refractivity contribution in [2.45, 2.75) is 0 Å². The van der Waals surface area contributed by atoms with Crippen LogP contribution in [0.25, 0.3) is 11.8 Å². The number of thiocarbonyl (C=S) groups is 1. The molecule has 6 nitrogen and oxygen atoms in total. The Morgan fingerprint density at radius 2 is 2.09 bits per heavy atom. The van der Waals surface area contributed by atoms with E-state index in [0.717, 1.165) is 27.9 Å². The fraction of sp³-hybridized carbons (Fsp3) is 0.0667. The number of aromatic nitrogens is 2. The second kappa shape index (κ2) is 6.35. The zero-order valence-corrected chi connectivity index (χ0v) is 13.4. The topological polar surface area (TPSA) is 75.4 Å². The second-order valence-corrected chi connectivity index (χ2v) is 6.39. The zero-order chi connectivity index (χ0) is 16.4. The van der Waals surface area contributed by atoms with E-state index in [1.807, 2.05) is 30.3 Å². The maximum atomic E-state index is 12.2. The molecule has 1 N–H and O–H groups in total. The van der Waals surface area contributed by atoms with Crippen molar-refractivity contribution in [2.75, 3.05) is 6.54 Å². The lowest BCUT2D eigenvalue weighted by Crippen LogP contribution is -2.33. The van der Waals surface area contributed by atoms with E-state index in [4.69, 9.17) is 17.3 Å². The quantitative estimate of drug-likeness (QED) is 0.676. The van der Waals surface area contributed by atoms with Crippen LogP contribution in [-0.2, 0) is 9.59 Å². The van der Waals surface area contributed by atoms with Crippen LogP contribution in [0.2, 0.25) is 0 Å². The van der Waals surface area contributed by atoms with E-state index in [2.05, 4.69) is 5.10 Å². The number of aliphatic carboxylic acids is 1. The van der Waals surface area contributed by atoms with Crippen LogP contribution in [0.5, 0.6) is 0 Å². The third kappa shape index (κ3) is 3.33. The molecule has 116 valence electrons. The van der Waals surface area contributed by atoms with E-state index in [1.54, 1.807) is 23.2 Å². The van der Waals surface area contributed by atoms with Gasteiger partial charge in [0.1, 0.15) is 10.9 Å². The highest BCUT2D eigenvalue weighted by molar-refractivity contribution is 8.26. The van der Waals surface area contributed by atoms with E-state index in [1.165, 1.54) is 0 Å². The van der Waals surface area contributed by atoms with Gasteiger partial charge in [-0.25, -0.2) is 4.68 Å². The molecule has 8 heteroatoms. The van der Waals surface area contributed by atoms with Gasteiger partial charge in [0.2, 0.25) is 0 Å². The van der Waals surface area contributed by atoms with Crippen LogP contribution in [0.4, 0.5) is 0 Å². The molecule has 1 aromatic carbocycles. The second-order valence-electron chi connectivity index (χ2n) is 4.72. The fourth-order valence-electron chi connectivity index (χ4n) is 2.06. The van der Waals surface area contributed by atoms with Crippen LogP contribution in [0.1, 0.15) is 5.56 Å². The summed E-state index contributed by atoms with van der Waals surface area (Å²) in [5.74, 6) is -1.49. The number of thioether (sulfide) groups is 1. The first kappa shape index (κ1) is 15.4. The van der Waals surface area contributed by atoms with Crippen molar-refractivity contribution in [3.8, 4) is 5.69 Å². The molecule has 0 radical (unpaired) electrons. The summed E-state index contributed by atoms with van der Waals surface area (Å²) in [6, 6.07) is 9.58. The summed E-state index contributed by atoms with van der Waals surface area (Å²) in [5.41, 5.74) is 1.65. The summed E-state index contributed by atoms with van der Waals surface area (Å²) in [7, 11) is 0. The predicted molar refractivity (Wildman–Crippen MR) is 91.1 cm³/mol. The Morgan fingerprint density at radius 3 is 2.78 bits per heavy atom. The van der Waals surface area contributed by atoms with Gasteiger partial charge in [0.15, 0.2) is 0 Å². The van der Waals surface area contributed by atoms with Crippen molar-refractivity contribution in [2.24, 2.45) is 0 Å². The summed E-state index contributed by atoms with van der Waals surface area (Å²) in [5, 5.41) is 13.1. The van der Waals surface area contributed by atoms with Gasteiger partial charge in [0, 0.05) is 11.8 Å². The molecule has 1 saturated heterocycles. The van der Waals surface area contributed by atoms with Gasteiger partial charge in [-0.1, -0.05) is 42.2 Å². The lowest BCUT2D eigenvalue weighted by atomic mass is 10.3. The van der Waals surface area contributed by atoms with Crippen LogP contribution >= 0.6 is 24.0 Å². The molecule has 0 saturated carbocycles. The standard InChI is InChI=1S/C15H11N3O3S2/c19-13(20)9-17-14(21)12(23-15(17)22)6-10-7-16-18(8-10)11-4-2-1-3-5-11/h1-8H,9H2,(H,19,20)/b12-6+. The van der Waals surface area contributed by atoms with Crippen LogP contribution in [0.15, 0.2) is 47.6 Å². The number of hydrogen-bond acceptors (Lipinski definition) is 5. The average molecular weight is 345 g/mol. The summed E-state index contributed by atoms with van der Waals surface area (Å²) >= 11 is 6.15. The third-order valence-electron chi connectivity index (χ3n) is 3.09. The van der Waals surface area contributed by atoms with E-state index in [9.17, 15) is 9.59 Å². The number of nitrogens with zero attached hydrogens (tertiary/aromatic N) is 3. The minimum Gasteiger partial charge on any atom is -0.480 e. The molecule has 23 heavy (non-hydrogen) atoms. The number of carboxylic acid groups (broad SMARTS) is 1. The first-order chi connectivity index (χ1) is 11.0. The average Bonchev–Trinajstić information content (AvgIpc) is 3.09. The fourth-order valence-corrected chi connectivity index (χ4v) is 3.31. The summed E-state index contributed by atoms with van der Waals surface area (Å²) in [6.07, 6.45) is 5.09. The first-order valence-corrected chi connectivity index (χ1v) is 7.84. The minimum absolute atomic E-state index is 0.249. The van der Waals surface area contributed by atoms with Crippen LogP contribution in [-0.4, -0.2) is 42.5 Å². The van der Waals surface area contributed by atoms with E-state index < -0.39 is 18.4 Å². The van der Waals surface area contributed by atoms with Crippen molar-refractivity contribution in [1.29, 1.82) is 0 Å². The Balaban J connectivity index is 1.83. The highest BCUT2D eigenvalue weighted by atomic mass is 32.2. The van der Waals surface area contributed by atoms with E-state index in [-0.39, 0.29) is 4.32 Å². The molecule has 0 unspecified atom stereocenters. The number of carboxylic acids is 1. The van der Waals surface area contributed by atoms with Gasteiger partial charge >= 0.3 is 5.97 Å². The smallest absolute Gasteiger partial charge is 0.323 e. The van der Waals surface area contributed by atoms with Crippen LogP contribution in [0, 0.1) is 0 Å². The molecule has 3 rings (SSSR count). The number of para-hydroxylation sites is 1. The Hall–Kier alpha value is -2.45. The number of carbonyl (C=O) groups excluding carboxylic acids is 1. The molecular formula is C15H11N3O3S2. The van der Waals surface area contributed by atoms with Gasteiger partial charge in [-0.15, -0.1) is 0 Å². The maximum absolute atomic E-state index is 12.2. The molecule has 1 amide bonds. The predicted octanol–water partition coefficient (Wildman–Crippen LogP) is 2.16. The number of rotatable bonds is 4. The SMILES string of the molecule is O=C(O)CN1C(=O)/C(=C\c2cnn(-c3ccccc3)c2)SC1=S. The Kier molecular flexibility index (Phi) is 4.26. The molecule has 2 heterocycles. The normalized spacial score (nSPS) is 16.3. The molecule has 0 atom stereocenters. The van der Waals surface area contributed by atoms with Gasteiger partial charge in [0.05, 0.1) is 16.8 Å². The molecule has 0 spiro atoms. The number of amides is 1. The summed E-state index contributed by atoms with van der Waals surface area (Å²) in [6.45, 7) is -0.425. The lowest BCUT2D eigenvalue weighted by Gasteiger charge is -2.09. The molecule has 0 bridgehead atoms. The maximum Gasteiger partial charge on any atom is 0.323 e. The first-order valence-electron chi connectivity index (χ1n) is 6.62. The van der Waals surface area contributed by atoms with Gasteiger partial charge in [-0.05, 0) is 18.2 Å². The van der Waals surface area contributed by atoms with Crippen molar-refractivity contribution >= 4 is 46.3 Å². The molecule has 1 aliphatic heterocycles. The van der Waals surface area contributed by atoms with Crippen LogP contribution in [0.3, 0.4) is 0 Å². The highest BCUT2D eigenvalue weighted by Crippen LogP contribution is 2.32. The molecule has 2 aromatic rings. The third-order valence-corrected chi connectivity index (χ3v) is 4.47. The lowest BCUT2D eigenvalue weighted by molar-refractivity contribution is -0.140. The molecular weight excluding hydrogens is 334 g/mol. The van der Waals surface area contributed by atoms with Crippen molar-refractivity contribution in [3.63, 3.8) is 0 Å². The number of hydrogen-bond donors (Lipinski definition) is 1. The molecule has 1 fully saturated rings. The monoisotopic (exact) mass is 345 g/mol. The zero-order valence-electron chi connectivity index (χ0n) is 11.7. The van der Waals surface area contributed by atoms with Crippen molar-refractivity contribution in [3.05, 3.63) is 53.2 Å². The van der Waals surface area contributed by atoms with Crippen molar-refractivity contribution < 1.29 is 14.7 Å². The van der Waals surface area contributed by atoms with E-state index in [0.29, 0.717) is 4.91 Å².